The van der Waals surface area contributed by atoms with E-state index in [2.05, 4.69) is 46.7 Å². The Kier molecular flexibility index (Phi) is 10.6. The molecule has 0 saturated carbocycles. The molecule has 2 rings (SSSR count). The predicted octanol–water partition coefficient (Wildman–Crippen LogP) is 3.17. The van der Waals surface area contributed by atoms with Crippen molar-refractivity contribution >= 4 is 35.8 Å². The quantitative estimate of drug-likeness (QED) is 0.181. The van der Waals surface area contributed by atoms with Gasteiger partial charge in [0, 0.05) is 30.6 Å². The molecule has 0 spiro atoms. The maximum absolute atomic E-state index is 12.0. The number of guanidine groups is 1. The maximum Gasteiger partial charge on any atom is 0.251 e. The minimum Gasteiger partial charge on any atom is -0.508 e. The number of halogens is 1. The number of carbonyl (C=O) groups excluding carboxylic acids is 1. The Bertz CT molecular complexity index is 830. The molecule has 30 heavy (non-hydrogen) atoms. The highest BCUT2D eigenvalue weighted by atomic mass is 127. The predicted molar refractivity (Wildman–Crippen MR) is 128 cm³/mol. The van der Waals surface area contributed by atoms with Crippen molar-refractivity contribution in [3.63, 3.8) is 0 Å². The molecule has 9 heteroatoms. The van der Waals surface area contributed by atoms with Crippen LogP contribution in [0.1, 0.15) is 56.1 Å². The number of phenolic OH excluding ortho intramolecular Hbond substituents is 1. The monoisotopic (exact) mass is 529 g/mol. The van der Waals surface area contributed by atoms with Crippen LogP contribution in [0.4, 0.5) is 0 Å². The minimum atomic E-state index is -0.208. The summed E-state index contributed by atoms with van der Waals surface area (Å²) in [7, 11) is 0. The zero-order valence-corrected chi connectivity index (χ0v) is 20.3. The fraction of sp³-hybridized carbons (Fsp3) is 0.476. The standard InChI is InChI=1S/C21H31N5O3.HI/c1-5-22-20(26-14-18-25-13-17(29-18)21(2,3)4)24-11-7-10-23-19(28)15-8-6-9-16(27)12-15;/h6,8-9,12-13,27H,5,7,10-11,14H2,1-4H3,(H,23,28)(H2,22,24,26);1H. The number of hydrogen-bond acceptors (Lipinski definition) is 5. The van der Waals surface area contributed by atoms with E-state index in [1.165, 1.54) is 12.1 Å². The Morgan fingerprint density at radius 2 is 1.93 bits per heavy atom. The number of carbonyl (C=O) groups is 1. The number of hydrogen-bond donors (Lipinski definition) is 4. The molecular weight excluding hydrogens is 497 g/mol. The fourth-order valence-corrected chi connectivity index (χ4v) is 2.46. The Morgan fingerprint density at radius 3 is 2.57 bits per heavy atom. The Hall–Kier alpha value is -2.30. The highest BCUT2D eigenvalue weighted by molar-refractivity contribution is 14.0. The summed E-state index contributed by atoms with van der Waals surface area (Å²) in [6.45, 7) is 10.5. The molecule has 1 aromatic carbocycles. The zero-order valence-electron chi connectivity index (χ0n) is 18.0. The molecule has 0 aliphatic carbocycles. The molecule has 0 atom stereocenters. The Labute approximate surface area is 195 Å². The van der Waals surface area contributed by atoms with Gasteiger partial charge in [0.15, 0.2) is 5.96 Å². The van der Waals surface area contributed by atoms with Crippen LogP contribution in [0.5, 0.6) is 5.75 Å². The van der Waals surface area contributed by atoms with Gasteiger partial charge in [0.1, 0.15) is 18.1 Å². The number of nitrogens with one attached hydrogen (secondary N) is 3. The Balaban J connectivity index is 0.00000450. The molecule has 1 aromatic heterocycles. The van der Waals surface area contributed by atoms with Crippen molar-refractivity contribution < 1.29 is 14.3 Å². The first-order valence-electron chi connectivity index (χ1n) is 9.84. The molecule has 0 fully saturated rings. The largest absolute Gasteiger partial charge is 0.508 e. The van der Waals surface area contributed by atoms with Gasteiger partial charge in [0.25, 0.3) is 5.91 Å². The van der Waals surface area contributed by atoms with Crippen molar-refractivity contribution in [1.29, 1.82) is 0 Å². The summed E-state index contributed by atoms with van der Waals surface area (Å²) < 4.78 is 5.76. The lowest BCUT2D eigenvalue weighted by Crippen LogP contribution is -2.38. The lowest BCUT2D eigenvalue weighted by Gasteiger charge is -2.13. The molecule has 8 nitrogen and oxygen atoms in total. The maximum atomic E-state index is 12.0. The summed E-state index contributed by atoms with van der Waals surface area (Å²) in [5.41, 5.74) is 0.356. The van der Waals surface area contributed by atoms with Gasteiger partial charge in [-0.15, -0.1) is 24.0 Å². The van der Waals surface area contributed by atoms with Crippen LogP contribution in [0, 0.1) is 0 Å². The molecule has 1 heterocycles. The van der Waals surface area contributed by atoms with E-state index in [1.807, 2.05) is 6.92 Å². The summed E-state index contributed by atoms with van der Waals surface area (Å²) in [6, 6.07) is 6.28. The van der Waals surface area contributed by atoms with Crippen LogP contribution < -0.4 is 16.0 Å². The number of rotatable bonds is 8. The van der Waals surface area contributed by atoms with Crippen molar-refractivity contribution in [2.45, 2.75) is 46.1 Å². The fourth-order valence-electron chi connectivity index (χ4n) is 2.46. The average molecular weight is 529 g/mol. The van der Waals surface area contributed by atoms with Crippen molar-refractivity contribution in [2.24, 2.45) is 4.99 Å². The summed E-state index contributed by atoms with van der Waals surface area (Å²) in [5, 5.41) is 18.7. The lowest BCUT2D eigenvalue weighted by atomic mass is 9.94. The van der Waals surface area contributed by atoms with E-state index >= 15 is 0 Å². The van der Waals surface area contributed by atoms with Crippen LogP contribution in [0.3, 0.4) is 0 Å². The first kappa shape index (κ1) is 25.7. The highest BCUT2D eigenvalue weighted by Crippen LogP contribution is 2.22. The van der Waals surface area contributed by atoms with Crippen molar-refractivity contribution in [2.75, 3.05) is 19.6 Å². The molecular formula is C21H32IN5O3. The number of amides is 1. The molecule has 0 radical (unpaired) electrons. The number of aliphatic imine (C=N–C) groups is 1. The summed E-state index contributed by atoms with van der Waals surface area (Å²) in [6.07, 6.45) is 2.47. The Morgan fingerprint density at radius 1 is 1.20 bits per heavy atom. The third kappa shape index (κ3) is 8.60. The molecule has 0 saturated heterocycles. The van der Waals surface area contributed by atoms with Crippen LogP contribution in [-0.4, -0.2) is 41.6 Å². The summed E-state index contributed by atoms with van der Waals surface area (Å²) in [5.74, 6) is 1.95. The molecule has 0 unspecified atom stereocenters. The first-order chi connectivity index (χ1) is 13.8. The van der Waals surface area contributed by atoms with Gasteiger partial charge in [0.05, 0.1) is 6.20 Å². The number of phenols is 1. The van der Waals surface area contributed by atoms with Crippen molar-refractivity contribution in [1.82, 2.24) is 20.9 Å². The van der Waals surface area contributed by atoms with Gasteiger partial charge in [-0.3, -0.25) is 4.79 Å². The van der Waals surface area contributed by atoms with E-state index in [4.69, 9.17) is 4.42 Å². The average Bonchev–Trinajstić information content (AvgIpc) is 3.15. The minimum absolute atomic E-state index is 0. The molecule has 0 bridgehead atoms. The summed E-state index contributed by atoms with van der Waals surface area (Å²) in [4.78, 5) is 20.8. The van der Waals surface area contributed by atoms with E-state index in [1.54, 1.807) is 18.3 Å². The first-order valence-corrected chi connectivity index (χ1v) is 9.84. The van der Waals surface area contributed by atoms with Gasteiger partial charge in [-0.25, -0.2) is 9.98 Å². The smallest absolute Gasteiger partial charge is 0.251 e. The second-order valence-electron chi connectivity index (χ2n) is 7.65. The van der Waals surface area contributed by atoms with Crippen molar-refractivity contribution in [3.05, 3.63) is 47.7 Å². The van der Waals surface area contributed by atoms with E-state index in [0.717, 1.165) is 18.7 Å². The molecule has 0 aliphatic rings. The van der Waals surface area contributed by atoms with Gasteiger partial charge >= 0.3 is 0 Å². The number of benzene rings is 1. The van der Waals surface area contributed by atoms with Crippen LogP contribution in [0.25, 0.3) is 0 Å². The molecule has 1 amide bonds. The third-order valence-electron chi connectivity index (χ3n) is 4.05. The lowest BCUT2D eigenvalue weighted by molar-refractivity contribution is 0.0953. The van der Waals surface area contributed by atoms with E-state index in [-0.39, 0.29) is 41.0 Å². The third-order valence-corrected chi connectivity index (χ3v) is 4.05. The number of nitrogens with zero attached hydrogens (tertiary/aromatic N) is 2. The van der Waals surface area contributed by atoms with Crippen LogP contribution in [0.2, 0.25) is 0 Å². The zero-order chi connectivity index (χ0) is 21.3. The molecule has 166 valence electrons. The van der Waals surface area contributed by atoms with Crippen LogP contribution in [0.15, 0.2) is 39.9 Å². The van der Waals surface area contributed by atoms with Crippen LogP contribution >= 0.6 is 24.0 Å². The number of aromatic hydroxyl groups is 1. The molecule has 0 aliphatic heterocycles. The van der Waals surface area contributed by atoms with Crippen molar-refractivity contribution in [3.8, 4) is 5.75 Å². The van der Waals surface area contributed by atoms with Gasteiger partial charge in [-0.2, -0.15) is 0 Å². The van der Waals surface area contributed by atoms with E-state index in [0.29, 0.717) is 37.0 Å². The van der Waals surface area contributed by atoms with Gasteiger partial charge in [-0.05, 0) is 31.5 Å². The van der Waals surface area contributed by atoms with Gasteiger partial charge in [-0.1, -0.05) is 26.8 Å². The van der Waals surface area contributed by atoms with Gasteiger partial charge in [0.2, 0.25) is 5.89 Å². The second kappa shape index (κ2) is 12.4. The van der Waals surface area contributed by atoms with Crippen LogP contribution in [-0.2, 0) is 12.0 Å². The number of oxazole rings is 1. The highest BCUT2D eigenvalue weighted by Gasteiger charge is 2.19. The van der Waals surface area contributed by atoms with Gasteiger partial charge < -0.3 is 25.5 Å². The molecule has 4 N–H and O–H groups in total. The van der Waals surface area contributed by atoms with E-state index < -0.39 is 0 Å². The number of aromatic nitrogens is 1. The SMILES string of the molecule is CCNC(=NCc1ncc(C(C)(C)C)o1)NCCCNC(=O)c1cccc(O)c1.I. The second-order valence-corrected chi connectivity index (χ2v) is 7.65. The molecule has 2 aromatic rings. The topological polar surface area (TPSA) is 112 Å². The normalized spacial score (nSPS) is 11.5. The summed E-state index contributed by atoms with van der Waals surface area (Å²) >= 11 is 0. The van der Waals surface area contributed by atoms with E-state index in [9.17, 15) is 9.90 Å².